The number of nitro benzene ring substituents is 1. The molecule has 0 bridgehead atoms. The fourth-order valence-electron chi connectivity index (χ4n) is 1.64. The number of hydrogen-bond acceptors (Lipinski definition) is 4. The summed E-state index contributed by atoms with van der Waals surface area (Å²) in [6.07, 6.45) is 0. The van der Waals surface area contributed by atoms with Crippen molar-refractivity contribution in [3.63, 3.8) is 0 Å². The molecule has 1 aliphatic rings. The minimum atomic E-state index is -0.444. The average Bonchev–Trinajstić information content (AvgIpc) is 2.14. The zero-order chi connectivity index (χ0) is 11.7. The Labute approximate surface area is 98.2 Å². The van der Waals surface area contributed by atoms with Crippen molar-refractivity contribution in [3.8, 4) is 0 Å². The summed E-state index contributed by atoms with van der Waals surface area (Å²) in [5.41, 5.74) is 0.854. The van der Waals surface area contributed by atoms with Gasteiger partial charge in [0.2, 0.25) is 0 Å². The van der Waals surface area contributed by atoms with Gasteiger partial charge < -0.3 is 10.2 Å². The van der Waals surface area contributed by atoms with Crippen molar-refractivity contribution in [1.29, 1.82) is 0 Å². The number of halogens is 1. The minimum Gasteiger partial charge on any atom is -0.368 e. The highest BCUT2D eigenvalue weighted by Gasteiger charge is 2.23. The summed E-state index contributed by atoms with van der Waals surface area (Å²) in [6.45, 7) is 1.84. The Morgan fingerprint density at radius 3 is 2.69 bits per heavy atom. The molecule has 0 radical (unpaired) electrons. The number of rotatable bonds is 3. The molecule has 1 aromatic rings. The van der Waals surface area contributed by atoms with Gasteiger partial charge in [-0.3, -0.25) is 10.1 Å². The molecule has 0 amide bonds. The predicted octanol–water partition coefficient (Wildman–Crippen LogP) is 1.66. The lowest BCUT2D eigenvalue weighted by Gasteiger charge is -2.37. The highest BCUT2D eigenvalue weighted by molar-refractivity contribution is 6.33. The summed E-state index contributed by atoms with van der Waals surface area (Å²) in [4.78, 5) is 12.2. The highest BCUT2D eigenvalue weighted by atomic mass is 35.5. The van der Waals surface area contributed by atoms with E-state index in [2.05, 4.69) is 5.32 Å². The summed E-state index contributed by atoms with van der Waals surface area (Å²) in [7, 11) is 1.94. The molecule has 1 aromatic carbocycles. The Kier molecular flexibility index (Phi) is 2.98. The molecule has 0 unspecified atom stereocenters. The lowest BCUT2D eigenvalue weighted by molar-refractivity contribution is -0.384. The van der Waals surface area contributed by atoms with E-state index in [1.165, 1.54) is 12.1 Å². The number of non-ortho nitro benzene ring substituents is 1. The van der Waals surface area contributed by atoms with Gasteiger partial charge >= 0.3 is 0 Å². The molecule has 1 heterocycles. The first-order valence-electron chi connectivity index (χ1n) is 4.97. The number of likely N-dealkylation sites (N-methyl/N-ethyl adjacent to an activating group) is 1. The molecule has 0 spiro atoms. The van der Waals surface area contributed by atoms with Gasteiger partial charge in [0, 0.05) is 32.3 Å². The number of nitro groups is 1. The van der Waals surface area contributed by atoms with E-state index in [4.69, 9.17) is 11.6 Å². The average molecular weight is 242 g/mol. The van der Waals surface area contributed by atoms with Gasteiger partial charge in [0.1, 0.15) is 0 Å². The quantitative estimate of drug-likeness (QED) is 0.646. The third-order valence-electron chi connectivity index (χ3n) is 2.83. The van der Waals surface area contributed by atoms with E-state index in [0.717, 1.165) is 18.8 Å². The minimum absolute atomic E-state index is 0.0221. The van der Waals surface area contributed by atoms with Crippen LogP contribution in [0.5, 0.6) is 0 Å². The molecular weight excluding hydrogens is 230 g/mol. The maximum atomic E-state index is 10.6. The van der Waals surface area contributed by atoms with Crippen LogP contribution in [0.2, 0.25) is 5.02 Å². The third-order valence-corrected chi connectivity index (χ3v) is 3.13. The fraction of sp³-hybridized carbons (Fsp3) is 0.400. The second-order valence-corrected chi connectivity index (χ2v) is 4.22. The molecule has 5 nitrogen and oxygen atoms in total. The molecular formula is C10H12ClN3O2. The SMILES string of the molecule is CN(c1ccc([N+](=O)[O-])cc1Cl)C1CNC1. The van der Waals surface area contributed by atoms with Gasteiger partial charge in [-0.25, -0.2) is 0 Å². The van der Waals surface area contributed by atoms with Crippen LogP contribution in [-0.2, 0) is 0 Å². The third kappa shape index (κ3) is 1.96. The molecule has 1 fully saturated rings. The van der Waals surface area contributed by atoms with E-state index in [1.807, 2.05) is 11.9 Å². The molecule has 16 heavy (non-hydrogen) atoms. The van der Waals surface area contributed by atoms with Gasteiger partial charge in [0.15, 0.2) is 0 Å². The first kappa shape index (κ1) is 11.2. The number of nitrogens with zero attached hydrogens (tertiary/aromatic N) is 2. The fourth-order valence-corrected chi connectivity index (χ4v) is 1.95. The van der Waals surface area contributed by atoms with Crippen LogP contribution in [0.15, 0.2) is 18.2 Å². The van der Waals surface area contributed by atoms with Gasteiger partial charge in [-0.2, -0.15) is 0 Å². The lowest BCUT2D eigenvalue weighted by Crippen LogP contribution is -2.56. The highest BCUT2D eigenvalue weighted by Crippen LogP contribution is 2.30. The molecule has 6 heteroatoms. The molecule has 0 saturated carbocycles. The summed E-state index contributed by atoms with van der Waals surface area (Å²) in [5.74, 6) is 0. The van der Waals surface area contributed by atoms with Crippen molar-refractivity contribution in [2.24, 2.45) is 0 Å². The van der Waals surface area contributed by atoms with Gasteiger partial charge in [-0.15, -0.1) is 0 Å². The molecule has 1 saturated heterocycles. The van der Waals surface area contributed by atoms with Crippen molar-refractivity contribution in [2.75, 3.05) is 25.0 Å². The van der Waals surface area contributed by atoms with Crippen LogP contribution in [0.4, 0.5) is 11.4 Å². The monoisotopic (exact) mass is 241 g/mol. The van der Waals surface area contributed by atoms with E-state index >= 15 is 0 Å². The van der Waals surface area contributed by atoms with Crippen LogP contribution < -0.4 is 10.2 Å². The van der Waals surface area contributed by atoms with E-state index in [-0.39, 0.29) is 5.69 Å². The first-order valence-corrected chi connectivity index (χ1v) is 5.35. The first-order chi connectivity index (χ1) is 7.59. The van der Waals surface area contributed by atoms with E-state index in [1.54, 1.807) is 6.07 Å². The predicted molar refractivity (Wildman–Crippen MR) is 63.2 cm³/mol. The zero-order valence-corrected chi connectivity index (χ0v) is 9.57. The van der Waals surface area contributed by atoms with Gasteiger partial charge in [0.05, 0.1) is 21.7 Å². The normalized spacial score (nSPS) is 15.6. The Bertz CT molecular complexity index is 421. The second kappa shape index (κ2) is 4.27. The second-order valence-electron chi connectivity index (χ2n) is 3.82. The molecule has 2 rings (SSSR count). The molecule has 0 aromatic heterocycles. The standard InChI is InChI=1S/C10H12ClN3O2/c1-13(8-5-12-6-8)10-3-2-7(14(15)16)4-9(10)11/h2-4,8,12H,5-6H2,1H3. The Hall–Kier alpha value is -1.33. The number of hydrogen-bond donors (Lipinski definition) is 1. The maximum absolute atomic E-state index is 10.6. The van der Waals surface area contributed by atoms with Crippen LogP contribution >= 0.6 is 11.6 Å². The number of benzene rings is 1. The summed E-state index contributed by atoms with van der Waals surface area (Å²) in [5, 5.41) is 14.1. The Morgan fingerprint density at radius 1 is 1.56 bits per heavy atom. The lowest BCUT2D eigenvalue weighted by atomic mass is 10.1. The van der Waals surface area contributed by atoms with Gasteiger partial charge in [0.25, 0.3) is 5.69 Å². The van der Waals surface area contributed by atoms with E-state index in [0.29, 0.717) is 11.1 Å². The van der Waals surface area contributed by atoms with Gasteiger partial charge in [-0.1, -0.05) is 11.6 Å². The molecule has 1 N–H and O–H groups in total. The van der Waals surface area contributed by atoms with E-state index in [9.17, 15) is 10.1 Å². The van der Waals surface area contributed by atoms with Crippen molar-refractivity contribution in [3.05, 3.63) is 33.3 Å². The summed E-state index contributed by atoms with van der Waals surface area (Å²) < 4.78 is 0. The molecule has 0 atom stereocenters. The van der Waals surface area contributed by atoms with Crippen LogP contribution in [0.25, 0.3) is 0 Å². The smallest absolute Gasteiger partial charge is 0.271 e. The van der Waals surface area contributed by atoms with Gasteiger partial charge in [-0.05, 0) is 6.07 Å². The largest absolute Gasteiger partial charge is 0.368 e. The van der Waals surface area contributed by atoms with Crippen LogP contribution in [0.3, 0.4) is 0 Å². The zero-order valence-electron chi connectivity index (χ0n) is 8.81. The molecule has 86 valence electrons. The van der Waals surface area contributed by atoms with Crippen molar-refractivity contribution in [2.45, 2.75) is 6.04 Å². The Balaban J connectivity index is 2.24. The van der Waals surface area contributed by atoms with E-state index < -0.39 is 4.92 Å². The van der Waals surface area contributed by atoms with Crippen LogP contribution in [-0.4, -0.2) is 31.1 Å². The summed E-state index contributed by atoms with van der Waals surface area (Å²) in [6, 6.07) is 4.97. The van der Waals surface area contributed by atoms with Crippen LogP contribution in [0.1, 0.15) is 0 Å². The Morgan fingerprint density at radius 2 is 2.25 bits per heavy atom. The van der Waals surface area contributed by atoms with Crippen molar-refractivity contribution >= 4 is 23.0 Å². The summed E-state index contributed by atoms with van der Waals surface area (Å²) >= 11 is 6.03. The van der Waals surface area contributed by atoms with Crippen molar-refractivity contribution in [1.82, 2.24) is 5.32 Å². The maximum Gasteiger partial charge on any atom is 0.271 e. The number of nitrogens with one attached hydrogen (secondary N) is 1. The topological polar surface area (TPSA) is 58.4 Å². The number of anilines is 1. The van der Waals surface area contributed by atoms with Crippen molar-refractivity contribution < 1.29 is 4.92 Å². The van der Waals surface area contributed by atoms with Crippen LogP contribution in [0, 0.1) is 10.1 Å². The molecule has 1 aliphatic heterocycles. The molecule has 0 aliphatic carbocycles.